The second-order valence-corrected chi connectivity index (χ2v) is 12.1. The summed E-state index contributed by atoms with van der Waals surface area (Å²) in [5.41, 5.74) is 5.29. The zero-order chi connectivity index (χ0) is 32.0. The van der Waals surface area contributed by atoms with Crippen LogP contribution in [0.1, 0.15) is 80.4 Å². The molecule has 46 heavy (non-hydrogen) atoms. The fourth-order valence-electron chi connectivity index (χ4n) is 6.52. The van der Waals surface area contributed by atoms with Crippen LogP contribution < -0.4 is 20.5 Å². The molecule has 2 aliphatic rings. The van der Waals surface area contributed by atoms with Crippen molar-refractivity contribution in [3.63, 3.8) is 0 Å². The van der Waals surface area contributed by atoms with Crippen LogP contribution in [0, 0.1) is 0 Å². The molecule has 0 unspecified atom stereocenters. The van der Waals surface area contributed by atoms with Crippen molar-refractivity contribution in [3.8, 4) is 5.69 Å². The van der Waals surface area contributed by atoms with Crippen molar-refractivity contribution in [3.05, 3.63) is 106 Å². The fraction of sp³-hybridized carbons (Fsp3) is 0.316. The Bertz CT molecular complexity index is 1880. The van der Waals surface area contributed by atoms with Gasteiger partial charge in [0.1, 0.15) is 0 Å². The van der Waals surface area contributed by atoms with Crippen LogP contribution in [-0.4, -0.2) is 45.6 Å². The van der Waals surface area contributed by atoms with Crippen LogP contribution in [0.15, 0.2) is 84.0 Å². The Balaban J connectivity index is 1.46. The number of anilines is 2. The molecule has 0 atom stereocenters. The van der Waals surface area contributed by atoms with Gasteiger partial charge >= 0.3 is 5.97 Å². The van der Waals surface area contributed by atoms with Crippen LogP contribution in [0.25, 0.3) is 17.3 Å². The predicted octanol–water partition coefficient (Wildman–Crippen LogP) is 6.09. The predicted molar refractivity (Wildman–Crippen MR) is 184 cm³/mol. The molecule has 6 rings (SSSR count). The van der Waals surface area contributed by atoms with E-state index in [1.165, 1.54) is 54.8 Å². The second kappa shape index (κ2) is 14.0. The number of carbonyl (C=O) groups is 2. The first-order valence-corrected chi connectivity index (χ1v) is 16.4. The third kappa shape index (κ3) is 6.38. The third-order valence-electron chi connectivity index (χ3n) is 8.80. The summed E-state index contributed by atoms with van der Waals surface area (Å²) >= 11 is 0. The molecule has 3 heterocycles. The summed E-state index contributed by atoms with van der Waals surface area (Å²) in [6.45, 7) is 6.11. The molecule has 0 bridgehead atoms. The number of carbonyl (C=O) groups excluding carboxylic acids is 1. The Morgan fingerprint density at radius 2 is 1.61 bits per heavy atom. The normalized spacial score (nSPS) is 16.2. The molecule has 3 aromatic carbocycles. The minimum Gasteiger partial charge on any atom is -0.476 e. The van der Waals surface area contributed by atoms with Gasteiger partial charge in [0.15, 0.2) is 5.69 Å². The van der Waals surface area contributed by atoms with E-state index in [1.807, 2.05) is 54.6 Å². The number of hydrogen-bond donors (Lipinski definition) is 1. The van der Waals surface area contributed by atoms with E-state index in [0.717, 1.165) is 31.5 Å². The number of nitrogens with zero attached hydrogens (tertiary/aromatic N) is 5. The minimum absolute atomic E-state index is 0.189. The maximum atomic E-state index is 14.0. The number of rotatable bonds is 11. The van der Waals surface area contributed by atoms with E-state index in [0.29, 0.717) is 22.4 Å². The summed E-state index contributed by atoms with van der Waals surface area (Å²) in [6.07, 6.45) is 11.7. The van der Waals surface area contributed by atoms with Crippen LogP contribution in [-0.2, 0) is 11.2 Å². The Morgan fingerprint density at radius 3 is 2.33 bits per heavy atom. The monoisotopic (exact) mass is 615 g/mol. The number of aromatic carboxylic acids is 1. The Hall–Kier alpha value is -4.98. The topological polar surface area (TPSA) is 91.0 Å². The van der Waals surface area contributed by atoms with Crippen LogP contribution >= 0.6 is 0 Å². The molecule has 1 amide bonds. The highest BCUT2D eigenvalue weighted by atomic mass is 16.4. The van der Waals surface area contributed by atoms with Gasteiger partial charge in [-0.3, -0.25) is 4.79 Å². The summed E-state index contributed by atoms with van der Waals surface area (Å²) in [5, 5.41) is 21.6. The number of unbranched alkanes of at least 4 members (excludes halogenated alkanes) is 5. The molecule has 1 N–H and O–H groups in total. The van der Waals surface area contributed by atoms with E-state index in [9.17, 15) is 14.7 Å². The molecular formula is C38H41N5O3. The van der Waals surface area contributed by atoms with Gasteiger partial charge in [-0.2, -0.15) is 15.2 Å². The lowest BCUT2D eigenvalue weighted by Crippen LogP contribution is -2.37. The number of aromatic nitrogens is 2. The number of hydrogen-bond acceptors (Lipinski definition) is 5. The maximum Gasteiger partial charge on any atom is 0.357 e. The SMILES string of the molecule is CCCCCCCCN1CCCc2cc(C=c3/c(=C4\C(=O)N(c5ccccc5)N=C4C)c(C(=O)O)nn3-c3ccccc3)ccc21. The van der Waals surface area contributed by atoms with E-state index in [4.69, 9.17) is 0 Å². The average Bonchev–Trinajstić information content (AvgIpc) is 3.59. The highest BCUT2D eigenvalue weighted by molar-refractivity contribution is 6.48. The zero-order valence-corrected chi connectivity index (χ0v) is 26.7. The molecule has 1 aromatic heterocycles. The minimum atomic E-state index is -1.21. The van der Waals surface area contributed by atoms with Crippen molar-refractivity contribution < 1.29 is 14.7 Å². The highest BCUT2D eigenvalue weighted by Crippen LogP contribution is 2.29. The second-order valence-electron chi connectivity index (χ2n) is 12.1. The lowest BCUT2D eigenvalue weighted by molar-refractivity contribution is -0.112. The first-order chi connectivity index (χ1) is 22.5. The van der Waals surface area contributed by atoms with Gasteiger partial charge in [-0.15, -0.1) is 0 Å². The van der Waals surface area contributed by atoms with Gasteiger partial charge in [0.05, 0.1) is 33.2 Å². The van der Waals surface area contributed by atoms with Gasteiger partial charge in [-0.05, 0) is 79.8 Å². The number of carboxylic acids is 1. The summed E-state index contributed by atoms with van der Waals surface area (Å²) in [5.74, 6) is -1.59. The van der Waals surface area contributed by atoms with Crippen molar-refractivity contribution in [2.75, 3.05) is 23.0 Å². The van der Waals surface area contributed by atoms with E-state index >= 15 is 0 Å². The van der Waals surface area contributed by atoms with Crippen molar-refractivity contribution in [1.82, 2.24) is 9.78 Å². The van der Waals surface area contributed by atoms with E-state index in [1.54, 1.807) is 23.7 Å². The summed E-state index contributed by atoms with van der Waals surface area (Å²) in [7, 11) is 0. The molecule has 8 nitrogen and oxygen atoms in total. The molecule has 0 saturated heterocycles. The molecule has 2 aliphatic heterocycles. The van der Waals surface area contributed by atoms with E-state index < -0.39 is 5.97 Å². The lowest BCUT2D eigenvalue weighted by Gasteiger charge is -2.31. The number of carboxylic acid groups (broad SMARTS) is 1. The number of hydrazone groups is 1. The van der Waals surface area contributed by atoms with Gasteiger partial charge < -0.3 is 10.0 Å². The molecular weight excluding hydrogens is 574 g/mol. The number of para-hydroxylation sites is 2. The highest BCUT2D eigenvalue weighted by Gasteiger charge is 2.32. The maximum absolute atomic E-state index is 14.0. The summed E-state index contributed by atoms with van der Waals surface area (Å²) < 4.78 is 1.63. The van der Waals surface area contributed by atoms with Gasteiger partial charge in [-0.25, -0.2) is 9.48 Å². The van der Waals surface area contributed by atoms with Crippen LogP contribution in [0.5, 0.6) is 0 Å². The first kappa shape index (κ1) is 31.0. The molecule has 0 saturated carbocycles. The summed E-state index contributed by atoms with van der Waals surface area (Å²) in [4.78, 5) is 29.2. The molecule has 0 fully saturated rings. The largest absolute Gasteiger partial charge is 0.476 e. The number of amides is 1. The van der Waals surface area contributed by atoms with E-state index in [2.05, 4.69) is 40.2 Å². The van der Waals surface area contributed by atoms with Gasteiger partial charge in [0.25, 0.3) is 5.91 Å². The first-order valence-electron chi connectivity index (χ1n) is 16.4. The smallest absolute Gasteiger partial charge is 0.357 e. The van der Waals surface area contributed by atoms with Gasteiger partial charge in [-0.1, -0.05) is 81.5 Å². The van der Waals surface area contributed by atoms with Crippen molar-refractivity contribution in [1.29, 1.82) is 0 Å². The van der Waals surface area contributed by atoms with Crippen LogP contribution in [0.2, 0.25) is 0 Å². The van der Waals surface area contributed by atoms with Crippen molar-refractivity contribution in [2.24, 2.45) is 5.10 Å². The Morgan fingerprint density at radius 1 is 0.913 bits per heavy atom. The molecule has 0 spiro atoms. The fourth-order valence-corrected chi connectivity index (χ4v) is 6.52. The van der Waals surface area contributed by atoms with Gasteiger partial charge in [0.2, 0.25) is 0 Å². The molecule has 236 valence electrons. The molecule has 8 heteroatoms. The molecule has 0 radical (unpaired) electrons. The number of benzene rings is 3. The van der Waals surface area contributed by atoms with E-state index in [-0.39, 0.29) is 22.4 Å². The zero-order valence-electron chi connectivity index (χ0n) is 26.7. The van der Waals surface area contributed by atoms with Crippen molar-refractivity contribution in [2.45, 2.75) is 65.2 Å². The Kier molecular flexibility index (Phi) is 9.43. The van der Waals surface area contributed by atoms with Crippen LogP contribution in [0.4, 0.5) is 11.4 Å². The molecule has 4 aromatic rings. The number of fused-ring (bicyclic) bond motifs is 1. The summed E-state index contributed by atoms with van der Waals surface area (Å²) in [6, 6.07) is 25.1. The average molecular weight is 616 g/mol. The standard InChI is InChI=1S/C38H41N5O3/c1-3-4-5-6-7-14-23-41-24-15-16-29-25-28(21-22-32(29)41)26-33-35(36(38(45)46)40-42(33)30-17-10-8-11-18-30)34-27(2)39-43(37(34)44)31-19-12-9-13-20-31/h8-13,17-22,25-26H,3-7,14-16,23-24H2,1-2H3,(H,45,46)/b33-26?,35-34+. The number of aryl methyl sites for hydroxylation is 1. The molecule has 0 aliphatic carbocycles. The van der Waals surface area contributed by atoms with Crippen LogP contribution in [0.3, 0.4) is 0 Å². The Labute approximate surface area is 270 Å². The quantitative estimate of drug-likeness (QED) is 0.206. The third-order valence-corrected chi connectivity index (χ3v) is 8.80. The van der Waals surface area contributed by atoms with Crippen molar-refractivity contribution >= 4 is 40.6 Å². The lowest BCUT2D eigenvalue weighted by atomic mass is 9.98. The van der Waals surface area contributed by atoms with Gasteiger partial charge in [0, 0.05) is 18.8 Å².